The number of hydrogen-bond acceptors (Lipinski definition) is 3. The smallest absolute Gasteiger partial charge is 0.319 e. The Hall–Kier alpha value is -1.80. The van der Waals surface area contributed by atoms with Gasteiger partial charge in [0.05, 0.1) is 17.8 Å². The van der Waals surface area contributed by atoms with Gasteiger partial charge in [0, 0.05) is 18.7 Å². The molecule has 0 saturated carbocycles. The highest BCUT2D eigenvalue weighted by Gasteiger charge is 2.24. The highest BCUT2D eigenvalue weighted by Crippen LogP contribution is 2.19. The molecule has 0 aliphatic carbocycles. The van der Waals surface area contributed by atoms with E-state index in [1.807, 2.05) is 5.32 Å². The van der Waals surface area contributed by atoms with Crippen molar-refractivity contribution in [2.45, 2.75) is 18.6 Å². The molecule has 4 N–H and O–H groups in total. The van der Waals surface area contributed by atoms with E-state index in [1.54, 1.807) is 0 Å². The summed E-state index contributed by atoms with van der Waals surface area (Å²) in [6.45, 7) is 0.985. The van der Waals surface area contributed by atoms with E-state index in [2.05, 4.69) is 10.6 Å². The molecular formula is C12H14F3N3O2. The summed E-state index contributed by atoms with van der Waals surface area (Å²) in [5.74, 6) is -3.73. The summed E-state index contributed by atoms with van der Waals surface area (Å²) in [7, 11) is 0. The van der Waals surface area contributed by atoms with Gasteiger partial charge in [-0.1, -0.05) is 0 Å². The Kier molecular flexibility index (Phi) is 4.46. The van der Waals surface area contributed by atoms with Crippen molar-refractivity contribution in [3.63, 3.8) is 0 Å². The SMILES string of the molecule is O=C(Nc1cc(F)cc(F)c1F)NC1CNCCC1O. The van der Waals surface area contributed by atoms with Gasteiger partial charge in [0.1, 0.15) is 5.82 Å². The first-order chi connectivity index (χ1) is 9.47. The molecule has 2 unspecified atom stereocenters. The maximum Gasteiger partial charge on any atom is 0.319 e. The molecule has 2 rings (SSSR count). The third-order valence-electron chi connectivity index (χ3n) is 3.00. The second-order valence-corrected chi connectivity index (χ2v) is 4.51. The standard InChI is InChI=1S/C12H14F3N3O2/c13-6-3-7(14)11(15)8(4-6)17-12(20)18-9-5-16-2-1-10(9)19/h3-4,9-10,16,19H,1-2,5H2,(H2,17,18,20). The summed E-state index contributed by atoms with van der Waals surface area (Å²) in [4.78, 5) is 11.6. The van der Waals surface area contributed by atoms with Crippen molar-refractivity contribution in [3.8, 4) is 0 Å². The largest absolute Gasteiger partial charge is 0.391 e. The Labute approximate surface area is 113 Å². The zero-order valence-electron chi connectivity index (χ0n) is 10.4. The molecule has 0 radical (unpaired) electrons. The molecule has 1 aromatic rings. The fourth-order valence-corrected chi connectivity index (χ4v) is 1.97. The fraction of sp³-hybridized carbons (Fsp3) is 0.417. The van der Waals surface area contributed by atoms with E-state index in [0.29, 0.717) is 31.6 Å². The van der Waals surface area contributed by atoms with Crippen LogP contribution in [0.1, 0.15) is 6.42 Å². The number of aliphatic hydroxyl groups is 1. The van der Waals surface area contributed by atoms with Crippen molar-refractivity contribution < 1.29 is 23.1 Å². The number of aliphatic hydroxyl groups excluding tert-OH is 1. The highest BCUT2D eigenvalue weighted by molar-refractivity contribution is 5.89. The van der Waals surface area contributed by atoms with Crippen LogP contribution in [-0.4, -0.2) is 36.4 Å². The molecule has 1 aromatic carbocycles. The Morgan fingerprint density at radius 3 is 2.80 bits per heavy atom. The lowest BCUT2D eigenvalue weighted by atomic mass is 10.0. The predicted molar refractivity (Wildman–Crippen MR) is 65.8 cm³/mol. The third-order valence-corrected chi connectivity index (χ3v) is 3.00. The maximum absolute atomic E-state index is 13.4. The lowest BCUT2D eigenvalue weighted by Gasteiger charge is -2.29. The average molecular weight is 289 g/mol. The third kappa shape index (κ3) is 3.40. The van der Waals surface area contributed by atoms with Crippen LogP contribution in [0.2, 0.25) is 0 Å². The number of rotatable bonds is 2. The zero-order valence-corrected chi connectivity index (χ0v) is 10.4. The number of benzene rings is 1. The molecule has 2 atom stereocenters. The average Bonchev–Trinajstić information content (AvgIpc) is 2.38. The summed E-state index contributed by atoms with van der Waals surface area (Å²) in [5.41, 5.74) is -0.599. The number of halogens is 3. The van der Waals surface area contributed by atoms with Crippen LogP contribution >= 0.6 is 0 Å². The normalized spacial score (nSPS) is 22.4. The first kappa shape index (κ1) is 14.6. The summed E-state index contributed by atoms with van der Waals surface area (Å²) in [6.07, 6.45) is -0.260. The van der Waals surface area contributed by atoms with Gasteiger partial charge in [-0.15, -0.1) is 0 Å². The number of carbonyl (C=O) groups excluding carboxylic acids is 1. The molecule has 2 amide bonds. The number of nitrogens with one attached hydrogen (secondary N) is 3. The number of anilines is 1. The van der Waals surface area contributed by atoms with E-state index in [-0.39, 0.29) is 0 Å². The summed E-state index contributed by atoms with van der Waals surface area (Å²) in [6, 6.07) is -0.340. The second kappa shape index (κ2) is 6.10. The molecule has 8 heteroatoms. The molecule has 5 nitrogen and oxygen atoms in total. The van der Waals surface area contributed by atoms with Crippen LogP contribution in [0.5, 0.6) is 0 Å². The Morgan fingerprint density at radius 1 is 1.35 bits per heavy atom. The first-order valence-electron chi connectivity index (χ1n) is 6.08. The lowest BCUT2D eigenvalue weighted by molar-refractivity contribution is 0.103. The van der Waals surface area contributed by atoms with Gasteiger partial charge in [0.2, 0.25) is 0 Å². The molecule has 0 aromatic heterocycles. The Balaban J connectivity index is 2.01. The topological polar surface area (TPSA) is 73.4 Å². The van der Waals surface area contributed by atoms with Crippen LogP contribution in [-0.2, 0) is 0 Å². The van der Waals surface area contributed by atoms with E-state index in [4.69, 9.17) is 0 Å². The molecule has 1 saturated heterocycles. The van der Waals surface area contributed by atoms with E-state index >= 15 is 0 Å². The predicted octanol–water partition coefficient (Wildman–Crippen LogP) is 0.948. The van der Waals surface area contributed by atoms with Crippen molar-refractivity contribution in [2.75, 3.05) is 18.4 Å². The molecule has 20 heavy (non-hydrogen) atoms. The quantitative estimate of drug-likeness (QED) is 0.612. The van der Waals surface area contributed by atoms with Crippen LogP contribution < -0.4 is 16.0 Å². The van der Waals surface area contributed by atoms with Gasteiger partial charge in [-0.25, -0.2) is 18.0 Å². The van der Waals surface area contributed by atoms with Gasteiger partial charge >= 0.3 is 6.03 Å². The van der Waals surface area contributed by atoms with E-state index in [1.165, 1.54) is 0 Å². The minimum atomic E-state index is -1.39. The van der Waals surface area contributed by atoms with Gasteiger partial charge in [-0.2, -0.15) is 0 Å². The van der Waals surface area contributed by atoms with Crippen molar-refractivity contribution >= 4 is 11.7 Å². The van der Waals surface area contributed by atoms with Crippen LogP contribution in [0.3, 0.4) is 0 Å². The van der Waals surface area contributed by atoms with Crippen LogP contribution in [0.4, 0.5) is 23.7 Å². The molecular weight excluding hydrogens is 275 g/mol. The van der Waals surface area contributed by atoms with E-state index in [9.17, 15) is 23.1 Å². The van der Waals surface area contributed by atoms with Gasteiger partial charge in [0.15, 0.2) is 11.6 Å². The highest BCUT2D eigenvalue weighted by atomic mass is 19.2. The number of urea groups is 1. The Morgan fingerprint density at radius 2 is 2.10 bits per heavy atom. The number of piperidine rings is 1. The van der Waals surface area contributed by atoms with Crippen LogP contribution in [0.25, 0.3) is 0 Å². The Bertz CT molecular complexity index is 513. The molecule has 1 aliphatic rings. The molecule has 0 spiro atoms. The van der Waals surface area contributed by atoms with Crippen molar-refractivity contribution in [2.24, 2.45) is 0 Å². The van der Waals surface area contributed by atoms with Gasteiger partial charge in [-0.3, -0.25) is 0 Å². The molecule has 1 fully saturated rings. The first-order valence-corrected chi connectivity index (χ1v) is 6.08. The van der Waals surface area contributed by atoms with Crippen molar-refractivity contribution in [1.29, 1.82) is 0 Å². The fourth-order valence-electron chi connectivity index (χ4n) is 1.97. The summed E-state index contributed by atoms with van der Waals surface area (Å²) < 4.78 is 39.3. The molecule has 1 heterocycles. The second-order valence-electron chi connectivity index (χ2n) is 4.51. The van der Waals surface area contributed by atoms with Gasteiger partial charge in [0.25, 0.3) is 0 Å². The van der Waals surface area contributed by atoms with Gasteiger partial charge in [-0.05, 0) is 13.0 Å². The van der Waals surface area contributed by atoms with Crippen LogP contribution in [0.15, 0.2) is 12.1 Å². The number of amides is 2. The molecule has 1 aliphatic heterocycles. The van der Waals surface area contributed by atoms with Gasteiger partial charge < -0.3 is 21.1 Å². The summed E-state index contributed by atoms with van der Waals surface area (Å²) in [5, 5.41) is 17.0. The molecule has 110 valence electrons. The van der Waals surface area contributed by atoms with Crippen molar-refractivity contribution in [3.05, 3.63) is 29.6 Å². The minimum Gasteiger partial charge on any atom is -0.391 e. The lowest BCUT2D eigenvalue weighted by Crippen LogP contribution is -2.54. The van der Waals surface area contributed by atoms with E-state index < -0.39 is 41.3 Å². The van der Waals surface area contributed by atoms with Crippen LogP contribution in [0, 0.1) is 17.5 Å². The van der Waals surface area contributed by atoms with Crippen molar-refractivity contribution in [1.82, 2.24) is 10.6 Å². The zero-order chi connectivity index (χ0) is 14.7. The monoisotopic (exact) mass is 289 g/mol. The number of hydrogen-bond donors (Lipinski definition) is 4. The maximum atomic E-state index is 13.4. The minimum absolute atomic E-state index is 0.356. The van der Waals surface area contributed by atoms with E-state index in [0.717, 1.165) is 0 Å². The number of carbonyl (C=O) groups is 1. The molecule has 0 bridgehead atoms. The summed E-state index contributed by atoms with van der Waals surface area (Å²) >= 11 is 0.